The van der Waals surface area contributed by atoms with Gasteiger partial charge in [0.15, 0.2) is 0 Å². The molecule has 0 aromatic carbocycles. The van der Waals surface area contributed by atoms with Crippen LogP contribution in [0.2, 0.25) is 0 Å². The highest BCUT2D eigenvalue weighted by atomic mass is 79.9. The Morgan fingerprint density at radius 2 is 2.39 bits per heavy atom. The summed E-state index contributed by atoms with van der Waals surface area (Å²) in [6, 6.07) is 4.23. The Hall–Kier alpha value is -0.870. The minimum atomic E-state index is 0.287. The van der Waals surface area contributed by atoms with Crippen molar-refractivity contribution in [2.24, 2.45) is 5.92 Å². The predicted octanol–water partition coefficient (Wildman–Crippen LogP) is 3.19. The van der Waals surface area contributed by atoms with Crippen molar-refractivity contribution in [1.29, 1.82) is 0 Å². The molecule has 1 N–H and O–H groups in total. The van der Waals surface area contributed by atoms with Crippen LogP contribution in [0.3, 0.4) is 0 Å². The minimum absolute atomic E-state index is 0.287. The molecule has 1 aliphatic rings. The van der Waals surface area contributed by atoms with Crippen molar-refractivity contribution in [1.82, 2.24) is 14.9 Å². The highest BCUT2D eigenvalue weighted by Gasteiger charge is 2.30. The zero-order valence-electron chi connectivity index (χ0n) is 10.8. The molecule has 4 heteroatoms. The van der Waals surface area contributed by atoms with E-state index in [0.717, 1.165) is 17.7 Å². The Balaban J connectivity index is 1.83. The maximum absolute atomic E-state index is 4.32. The molecule has 1 fully saturated rings. The van der Waals surface area contributed by atoms with E-state index in [-0.39, 0.29) is 5.54 Å². The Bertz CT molecular complexity index is 573. The summed E-state index contributed by atoms with van der Waals surface area (Å²) in [5.41, 5.74) is 1.51. The number of hydrogen-bond acceptors (Lipinski definition) is 2. The van der Waals surface area contributed by atoms with E-state index in [2.05, 4.69) is 63.0 Å². The van der Waals surface area contributed by atoms with Gasteiger partial charge in [-0.3, -0.25) is 0 Å². The first-order chi connectivity index (χ1) is 8.53. The van der Waals surface area contributed by atoms with Gasteiger partial charge in [0.2, 0.25) is 0 Å². The van der Waals surface area contributed by atoms with Crippen LogP contribution in [-0.4, -0.2) is 21.6 Å². The minimum Gasteiger partial charge on any atom is -0.346 e. The molecule has 0 aliphatic carbocycles. The number of nitrogens with zero attached hydrogens (tertiary/aromatic N) is 2. The topological polar surface area (TPSA) is 29.9 Å². The number of nitrogens with one attached hydrogen (secondary N) is 1. The highest BCUT2D eigenvalue weighted by Crippen LogP contribution is 2.26. The Kier molecular flexibility index (Phi) is 2.94. The molecule has 0 amide bonds. The number of pyridine rings is 1. The Morgan fingerprint density at radius 3 is 3.11 bits per heavy atom. The molecule has 0 radical (unpaired) electrons. The molecule has 1 aliphatic heterocycles. The largest absolute Gasteiger partial charge is 0.346 e. The van der Waals surface area contributed by atoms with Crippen LogP contribution >= 0.6 is 15.9 Å². The summed E-state index contributed by atoms with van der Waals surface area (Å²) >= 11 is 3.41. The van der Waals surface area contributed by atoms with Gasteiger partial charge >= 0.3 is 0 Å². The summed E-state index contributed by atoms with van der Waals surface area (Å²) in [7, 11) is 0. The molecule has 3 rings (SSSR count). The van der Waals surface area contributed by atoms with Crippen LogP contribution in [0.25, 0.3) is 10.9 Å². The summed E-state index contributed by atoms with van der Waals surface area (Å²) in [4.78, 5) is 4.32. The number of hydrogen-bond donors (Lipinski definition) is 1. The summed E-state index contributed by atoms with van der Waals surface area (Å²) in [5.74, 6) is 0.708. The van der Waals surface area contributed by atoms with Crippen molar-refractivity contribution in [3.63, 3.8) is 0 Å². The van der Waals surface area contributed by atoms with Crippen LogP contribution in [0.5, 0.6) is 0 Å². The van der Waals surface area contributed by atoms with Crippen molar-refractivity contribution in [3.8, 4) is 0 Å². The first kappa shape index (κ1) is 12.2. The second-order valence-corrected chi connectivity index (χ2v) is 6.68. The van der Waals surface area contributed by atoms with Gasteiger partial charge in [0.1, 0.15) is 4.60 Å². The lowest BCUT2D eigenvalue weighted by atomic mass is 9.97. The standard InChI is InChI=1S/C14H18BrN3/c1-14(2)6-10(7-17-14)9-18-4-3-11-5-13(15)16-8-12(11)18/h3-5,8,10,17H,6-7,9H2,1-2H3. The van der Waals surface area contributed by atoms with E-state index in [1.807, 2.05) is 6.20 Å². The number of fused-ring (bicyclic) bond motifs is 1. The Labute approximate surface area is 116 Å². The van der Waals surface area contributed by atoms with Gasteiger partial charge in [0, 0.05) is 30.2 Å². The van der Waals surface area contributed by atoms with Crippen LogP contribution in [-0.2, 0) is 6.54 Å². The van der Waals surface area contributed by atoms with Crippen molar-refractivity contribution in [3.05, 3.63) is 29.1 Å². The average molecular weight is 308 g/mol. The van der Waals surface area contributed by atoms with Gasteiger partial charge in [-0.1, -0.05) is 0 Å². The smallest absolute Gasteiger partial charge is 0.106 e. The molecule has 0 spiro atoms. The second-order valence-electron chi connectivity index (χ2n) is 5.87. The summed E-state index contributed by atoms with van der Waals surface area (Å²) in [6.07, 6.45) is 5.35. The van der Waals surface area contributed by atoms with Crippen LogP contribution < -0.4 is 5.32 Å². The molecule has 0 bridgehead atoms. The zero-order valence-corrected chi connectivity index (χ0v) is 12.4. The van der Waals surface area contributed by atoms with Gasteiger partial charge in [-0.15, -0.1) is 0 Å². The van der Waals surface area contributed by atoms with Crippen molar-refractivity contribution >= 4 is 26.8 Å². The van der Waals surface area contributed by atoms with E-state index in [9.17, 15) is 0 Å². The van der Waals surface area contributed by atoms with Crippen molar-refractivity contribution in [2.45, 2.75) is 32.4 Å². The fourth-order valence-corrected chi connectivity index (χ4v) is 3.26. The van der Waals surface area contributed by atoms with Crippen LogP contribution in [0, 0.1) is 5.92 Å². The van der Waals surface area contributed by atoms with Gasteiger partial charge < -0.3 is 9.88 Å². The molecule has 18 heavy (non-hydrogen) atoms. The van der Waals surface area contributed by atoms with Gasteiger partial charge in [-0.05, 0) is 54.2 Å². The molecule has 96 valence electrons. The maximum Gasteiger partial charge on any atom is 0.106 e. The van der Waals surface area contributed by atoms with Crippen LogP contribution in [0.4, 0.5) is 0 Å². The quantitative estimate of drug-likeness (QED) is 0.864. The normalized spacial score (nSPS) is 22.7. The van der Waals surface area contributed by atoms with E-state index in [1.165, 1.54) is 17.3 Å². The fourth-order valence-electron chi connectivity index (χ4n) is 2.91. The number of rotatable bonds is 2. The number of halogens is 1. The van der Waals surface area contributed by atoms with Gasteiger partial charge in [-0.25, -0.2) is 4.98 Å². The SMILES string of the molecule is CC1(C)CC(Cn2ccc3cc(Br)ncc32)CN1. The second kappa shape index (κ2) is 4.35. The lowest BCUT2D eigenvalue weighted by Gasteiger charge is -2.17. The average Bonchev–Trinajstić information content (AvgIpc) is 2.83. The number of aromatic nitrogens is 2. The molecule has 3 heterocycles. The molecular formula is C14H18BrN3. The molecule has 3 nitrogen and oxygen atoms in total. The fraction of sp³-hybridized carbons (Fsp3) is 0.500. The predicted molar refractivity (Wildman–Crippen MR) is 77.6 cm³/mol. The summed E-state index contributed by atoms with van der Waals surface area (Å²) in [5, 5.41) is 4.83. The van der Waals surface area contributed by atoms with Crippen molar-refractivity contribution < 1.29 is 0 Å². The molecule has 0 saturated carbocycles. The lowest BCUT2D eigenvalue weighted by Crippen LogP contribution is -2.31. The third kappa shape index (κ3) is 2.31. The molecular weight excluding hydrogens is 290 g/mol. The molecule has 1 unspecified atom stereocenters. The third-order valence-electron chi connectivity index (χ3n) is 3.75. The molecule has 2 aromatic heterocycles. The van der Waals surface area contributed by atoms with Crippen LogP contribution in [0.1, 0.15) is 20.3 Å². The molecule has 2 aromatic rings. The first-order valence-corrected chi connectivity index (χ1v) is 7.18. The van der Waals surface area contributed by atoms with E-state index < -0.39 is 0 Å². The first-order valence-electron chi connectivity index (χ1n) is 6.39. The summed E-state index contributed by atoms with van der Waals surface area (Å²) < 4.78 is 3.22. The lowest BCUT2D eigenvalue weighted by molar-refractivity contribution is 0.421. The summed E-state index contributed by atoms with van der Waals surface area (Å²) in [6.45, 7) is 6.73. The van der Waals surface area contributed by atoms with E-state index >= 15 is 0 Å². The maximum atomic E-state index is 4.32. The van der Waals surface area contributed by atoms with Gasteiger partial charge in [-0.2, -0.15) is 0 Å². The van der Waals surface area contributed by atoms with E-state index in [1.54, 1.807) is 0 Å². The van der Waals surface area contributed by atoms with E-state index in [4.69, 9.17) is 0 Å². The zero-order chi connectivity index (χ0) is 12.8. The molecule has 1 atom stereocenters. The monoisotopic (exact) mass is 307 g/mol. The molecule has 1 saturated heterocycles. The van der Waals surface area contributed by atoms with Crippen LogP contribution in [0.15, 0.2) is 29.1 Å². The Morgan fingerprint density at radius 1 is 1.56 bits per heavy atom. The van der Waals surface area contributed by atoms with Gasteiger partial charge in [0.05, 0.1) is 11.7 Å². The highest BCUT2D eigenvalue weighted by molar-refractivity contribution is 9.10. The van der Waals surface area contributed by atoms with Crippen molar-refractivity contribution in [2.75, 3.05) is 6.54 Å². The van der Waals surface area contributed by atoms with Gasteiger partial charge in [0.25, 0.3) is 0 Å². The van der Waals surface area contributed by atoms with E-state index in [0.29, 0.717) is 5.92 Å². The third-order valence-corrected chi connectivity index (χ3v) is 4.18.